The number of hydrogen-bond acceptors (Lipinski definition) is 4. The predicted octanol–water partition coefficient (Wildman–Crippen LogP) is 4.28. The molecule has 31 heavy (non-hydrogen) atoms. The van der Waals surface area contributed by atoms with Gasteiger partial charge in [0, 0.05) is 26.2 Å². The zero-order chi connectivity index (χ0) is 21.8. The highest BCUT2D eigenvalue weighted by Gasteiger charge is 2.32. The summed E-state index contributed by atoms with van der Waals surface area (Å²) >= 11 is 6.09. The van der Waals surface area contributed by atoms with E-state index in [-0.39, 0.29) is 42.0 Å². The molecular weight excluding hydrogens is 436 g/mol. The zero-order valence-electron chi connectivity index (χ0n) is 16.6. The number of amides is 1. The van der Waals surface area contributed by atoms with E-state index < -0.39 is 10.0 Å². The molecule has 1 heterocycles. The maximum Gasteiger partial charge on any atom is 0.257 e. The van der Waals surface area contributed by atoms with Crippen LogP contribution in [0.2, 0.25) is 5.02 Å². The average molecular weight is 457 g/mol. The zero-order valence-corrected chi connectivity index (χ0v) is 18.2. The first-order valence-corrected chi connectivity index (χ1v) is 11.6. The summed E-state index contributed by atoms with van der Waals surface area (Å²) in [7, 11) is -3.72. The molecule has 1 amide bonds. The molecular formula is C23H21ClN2O4S. The third-order valence-electron chi connectivity index (χ3n) is 5.07. The Morgan fingerprint density at radius 1 is 0.806 bits per heavy atom. The Morgan fingerprint density at radius 3 is 2.13 bits per heavy atom. The average Bonchev–Trinajstić information content (AvgIpc) is 2.80. The fraction of sp³-hybridized carbons (Fsp3) is 0.174. The Labute approximate surface area is 186 Å². The van der Waals surface area contributed by atoms with E-state index in [2.05, 4.69) is 0 Å². The topological polar surface area (TPSA) is 66.9 Å². The van der Waals surface area contributed by atoms with Crippen molar-refractivity contribution in [2.24, 2.45) is 0 Å². The third kappa shape index (κ3) is 4.58. The van der Waals surface area contributed by atoms with Crippen LogP contribution >= 0.6 is 11.6 Å². The highest BCUT2D eigenvalue weighted by atomic mass is 35.5. The molecule has 3 aromatic rings. The molecule has 0 unspecified atom stereocenters. The molecule has 8 heteroatoms. The number of halogens is 1. The lowest BCUT2D eigenvalue weighted by molar-refractivity contribution is 0.0695. The molecule has 1 saturated heterocycles. The Balaban J connectivity index is 1.48. The van der Waals surface area contributed by atoms with E-state index >= 15 is 0 Å². The van der Waals surface area contributed by atoms with Crippen molar-refractivity contribution in [2.75, 3.05) is 26.2 Å². The van der Waals surface area contributed by atoms with E-state index in [9.17, 15) is 13.2 Å². The number of nitrogens with zero attached hydrogens (tertiary/aromatic N) is 2. The monoisotopic (exact) mass is 456 g/mol. The van der Waals surface area contributed by atoms with E-state index in [4.69, 9.17) is 16.3 Å². The van der Waals surface area contributed by atoms with Gasteiger partial charge in [0.05, 0.1) is 10.6 Å². The fourth-order valence-corrected chi connectivity index (χ4v) is 5.36. The lowest BCUT2D eigenvalue weighted by atomic mass is 10.1. The second kappa shape index (κ2) is 9.09. The van der Waals surface area contributed by atoms with E-state index in [0.29, 0.717) is 17.1 Å². The molecule has 6 nitrogen and oxygen atoms in total. The third-order valence-corrected chi connectivity index (χ3v) is 7.47. The summed E-state index contributed by atoms with van der Waals surface area (Å²) in [6.45, 7) is 0.951. The summed E-state index contributed by atoms with van der Waals surface area (Å²) in [5, 5.41) is 0.188. The smallest absolute Gasteiger partial charge is 0.257 e. The number of rotatable bonds is 5. The van der Waals surface area contributed by atoms with Gasteiger partial charge in [-0.15, -0.1) is 0 Å². The van der Waals surface area contributed by atoms with Crippen LogP contribution in [0, 0.1) is 0 Å². The molecule has 0 atom stereocenters. The first kappa shape index (κ1) is 21.4. The minimum Gasteiger partial charge on any atom is -0.457 e. The van der Waals surface area contributed by atoms with Gasteiger partial charge in [0.2, 0.25) is 10.0 Å². The predicted molar refractivity (Wildman–Crippen MR) is 119 cm³/mol. The van der Waals surface area contributed by atoms with Gasteiger partial charge >= 0.3 is 0 Å². The number of hydrogen-bond donors (Lipinski definition) is 0. The van der Waals surface area contributed by atoms with Crippen LogP contribution < -0.4 is 4.74 Å². The van der Waals surface area contributed by atoms with E-state index in [1.54, 1.807) is 41.3 Å². The van der Waals surface area contributed by atoms with Crippen LogP contribution in [0.3, 0.4) is 0 Å². The van der Waals surface area contributed by atoms with Crippen molar-refractivity contribution < 1.29 is 17.9 Å². The molecule has 0 aromatic heterocycles. The normalized spacial score (nSPS) is 14.9. The SMILES string of the molecule is O=C(c1ccccc1Oc1ccccc1)N1CCN(S(=O)(=O)c2ccccc2Cl)CC1. The van der Waals surface area contributed by atoms with Crippen molar-refractivity contribution in [3.8, 4) is 11.5 Å². The standard InChI is InChI=1S/C23H21ClN2O4S/c24-20-11-5-7-13-22(20)31(28,29)26-16-14-25(15-17-26)23(27)19-10-4-6-12-21(19)30-18-8-2-1-3-9-18/h1-13H,14-17H2. The Morgan fingerprint density at radius 2 is 1.42 bits per heavy atom. The number of piperazine rings is 1. The fourth-order valence-electron chi connectivity index (χ4n) is 3.44. The first-order chi connectivity index (χ1) is 15.0. The number of sulfonamides is 1. The summed E-state index contributed by atoms with van der Waals surface area (Å²) in [4.78, 5) is 14.9. The number of carbonyl (C=O) groups is 1. The van der Waals surface area contributed by atoms with Crippen LogP contribution in [0.25, 0.3) is 0 Å². The van der Waals surface area contributed by atoms with Gasteiger partial charge in [-0.3, -0.25) is 4.79 Å². The van der Waals surface area contributed by atoms with Gasteiger partial charge in [0.1, 0.15) is 16.4 Å². The highest BCUT2D eigenvalue weighted by Crippen LogP contribution is 2.28. The lowest BCUT2D eigenvalue weighted by Gasteiger charge is -2.34. The molecule has 4 rings (SSSR count). The van der Waals surface area contributed by atoms with Crippen molar-refractivity contribution in [3.05, 3.63) is 89.4 Å². The molecule has 1 aliphatic rings. The Hall–Kier alpha value is -2.87. The van der Waals surface area contributed by atoms with Crippen molar-refractivity contribution in [1.82, 2.24) is 9.21 Å². The summed E-state index contributed by atoms with van der Waals surface area (Å²) in [6.07, 6.45) is 0. The maximum absolute atomic E-state index is 13.1. The lowest BCUT2D eigenvalue weighted by Crippen LogP contribution is -2.50. The Kier molecular flexibility index (Phi) is 6.27. The Bertz CT molecular complexity index is 1180. The second-order valence-corrected chi connectivity index (χ2v) is 9.35. The molecule has 0 spiro atoms. The number of ether oxygens (including phenoxy) is 1. The summed E-state index contributed by atoms with van der Waals surface area (Å²) in [5.74, 6) is 0.907. The van der Waals surface area contributed by atoms with Gasteiger partial charge in [-0.05, 0) is 36.4 Å². The van der Waals surface area contributed by atoms with Gasteiger partial charge in [-0.2, -0.15) is 4.31 Å². The van der Waals surface area contributed by atoms with Crippen LogP contribution in [0.4, 0.5) is 0 Å². The van der Waals surface area contributed by atoms with Crippen LogP contribution in [0.15, 0.2) is 83.8 Å². The molecule has 0 saturated carbocycles. The van der Waals surface area contributed by atoms with Crippen LogP contribution in [-0.2, 0) is 10.0 Å². The summed E-state index contributed by atoms with van der Waals surface area (Å²) < 4.78 is 33.1. The molecule has 0 radical (unpaired) electrons. The minimum atomic E-state index is -3.72. The van der Waals surface area contributed by atoms with Gasteiger partial charge < -0.3 is 9.64 Å². The van der Waals surface area contributed by atoms with Crippen molar-refractivity contribution in [2.45, 2.75) is 4.90 Å². The number of carbonyl (C=O) groups excluding carboxylic acids is 1. The van der Waals surface area contributed by atoms with E-state index in [0.717, 1.165) is 0 Å². The van der Waals surface area contributed by atoms with Gasteiger partial charge in [0.25, 0.3) is 5.91 Å². The number of benzene rings is 3. The van der Waals surface area contributed by atoms with Crippen LogP contribution in [0.1, 0.15) is 10.4 Å². The second-order valence-electron chi connectivity index (χ2n) is 7.04. The molecule has 0 N–H and O–H groups in total. The highest BCUT2D eigenvalue weighted by molar-refractivity contribution is 7.89. The molecule has 1 fully saturated rings. The first-order valence-electron chi connectivity index (χ1n) is 9.83. The van der Waals surface area contributed by atoms with E-state index in [1.807, 2.05) is 36.4 Å². The quantitative estimate of drug-likeness (QED) is 0.574. The van der Waals surface area contributed by atoms with Crippen molar-refractivity contribution >= 4 is 27.5 Å². The van der Waals surface area contributed by atoms with Gasteiger partial charge in [-0.1, -0.05) is 54.1 Å². The van der Waals surface area contributed by atoms with Crippen LogP contribution in [0.5, 0.6) is 11.5 Å². The van der Waals surface area contributed by atoms with E-state index in [1.165, 1.54) is 10.4 Å². The van der Waals surface area contributed by atoms with Gasteiger partial charge in [-0.25, -0.2) is 8.42 Å². The molecule has 0 bridgehead atoms. The van der Waals surface area contributed by atoms with Crippen LogP contribution in [-0.4, -0.2) is 49.7 Å². The summed E-state index contributed by atoms with van der Waals surface area (Å²) in [6, 6.07) is 22.7. The molecule has 1 aliphatic heterocycles. The van der Waals surface area contributed by atoms with Crippen molar-refractivity contribution in [1.29, 1.82) is 0 Å². The van der Waals surface area contributed by atoms with Crippen molar-refractivity contribution in [3.63, 3.8) is 0 Å². The van der Waals surface area contributed by atoms with Gasteiger partial charge in [0.15, 0.2) is 0 Å². The minimum absolute atomic E-state index is 0.0815. The molecule has 0 aliphatic carbocycles. The largest absolute Gasteiger partial charge is 0.457 e. The maximum atomic E-state index is 13.1. The number of para-hydroxylation sites is 2. The molecule has 160 valence electrons. The molecule has 3 aromatic carbocycles. The summed E-state index contributed by atoms with van der Waals surface area (Å²) in [5.41, 5.74) is 0.439.